The van der Waals surface area contributed by atoms with Gasteiger partial charge >= 0.3 is 0 Å². The van der Waals surface area contributed by atoms with Crippen LogP contribution in [-0.4, -0.2) is 5.78 Å². The van der Waals surface area contributed by atoms with Crippen LogP contribution < -0.4 is 0 Å². The summed E-state index contributed by atoms with van der Waals surface area (Å²) in [5.74, 6) is -2.41. The average Bonchev–Trinajstić information content (AvgIpc) is 2.59. The second-order valence-electron chi connectivity index (χ2n) is 3.49. The molecule has 0 saturated heterocycles. The second-order valence-corrected chi connectivity index (χ2v) is 5.15. The van der Waals surface area contributed by atoms with Crippen molar-refractivity contribution in [3.63, 3.8) is 0 Å². The van der Waals surface area contributed by atoms with E-state index < -0.39 is 23.0 Å². The van der Waals surface area contributed by atoms with E-state index in [-0.39, 0.29) is 4.88 Å². The molecule has 0 aliphatic heterocycles. The van der Waals surface area contributed by atoms with Crippen molar-refractivity contribution >= 4 is 28.7 Å². The molecule has 1 aromatic heterocycles. The number of rotatable bonds is 2. The van der Waals surface area contributed by atoms with Gasteiger partial charge in [-0.1, -0.05) is 17.7 Å². The van der Waals surface area contributed by atoms with Crippen molar-refractivity contribution in [1.82, 2.24) is 0 Å². The fourth-order valence-corrected chi connectivity index (χ4v) is 2.56. The Morgan fingerprint density at radius 1 is 1.29 bits per heavy atom. The first-order valence-electron chi connectivity index (χ1n) is 4.75. The number of halogens is 3. The van der Waals surface area contributed by atoms with Gasteiger partial charge in [0.25, 0.3) is 0 Å². The van der Waals surface area contributed by atoms with Crippen molar-refractivity contribution in [3.05, 3.63) is 56.2 Å². The number of hydrogen-bond acceptors (Lipinski definition) is 2. The van der Waals surface area contributed by atoms with Crippen LogP contribution >= 0.6 is 22.9 Å². The molecule has 0 spiro atoms. The number of carbonyl (C=O) groups excluding carboxylic acids is 1. The molecule has 88 valence electrons. The van der Waals surface area contributed by atoms with Gasteiger partial charge in [-0.25, -0.2) is 8.78 Å². The van der Waals surface area contributed by atoms with Crippen molar-refractivity contribution in [2.75, 3.05) is 0 Å². The Morgan fingerprint density at radius 3 is 2.35 bits per heavy atom. The van der Waals surface area contributed by atoms with E-state index in [0.29, 0.717) is 4.34 Å². The van der Waals surface area contributed by atoms with Crippen LogP contribution in [0.5, 0.6) is 0 Å². The number of aryl methyl sites for hydroxylation is 1. The molecular formula is C12H7ClF2OS. The van der Waals surface area contributed by atoms with E-state index in [4.69, 9.17) is 11.6 Å². The largest absolute Gasteiger partial charge is 0.287 e. The van der Waals surface area contributed by atoms with Gasteiger partial charge in [-0.3, -0.25) is 4.79 Å². The summed E-state index contributed by atoms with van der Waals surface area (Å²) in [6.07, 6.45) is 0. The van der Waals surface area contributed by atoms with Crippen LogP contribution in [0.15, 0.2) is 24.3 Å². The van der Waals surface area contributed by atoms with Gasteiger partial charge in [0.2, 0.25) is 5.78 Å². The molecular weight excluding hydrogens is 266 g/mol. The summed E-state index contributed by atoms with van der Waals surface area (Å²) in [7, 11) is 0. The van der Waals surface area contributed by atoms with Crippen molar-refractivity contribution in [2.45, 2.75) is 6.92 Å². The van der Waals surface area contributed by atoms with Crippen LogP contribution in [0.25, 0.3) is 0 Å². The number of thiophene rings is 1. The summed E-state index contributed by atoms with van der Waals surface area (Å²) in [6.45, 7) is 1.73. The quantitative estimate of drug-likeness (QED) is 0.748. The Bertz CT molecular complexity index is 552. The first-order chi connectivity index (χ1) is 8.00. The highest BCUT2D eigenvalue weighted by atomic mass is 35.5. The molecule has 0 fully saturated rings. The van der Waals surface area contributed by atoms with Crippen LogP contribution in [0, 0.1) is 18.6 Å². The van der Waals surface area contributed by atoms with Crippen LogP contribution in [0.4, 0.5) is 8.78 Å². The lowest BCUT2D eigenvalue weighted by atomic mass is 10.1. The number of benzene rings is 1. The number of carbonyl (C=O) groups is 1. The molecule has 1 nitrogen and oxygen atoms in total. The van der Waals surface area contributed by atoms with Gasteiger partial charge in [0.1, 0.15) is 11.6 Å². The molecule has 0 aliphatic rings. The zero-order chi connectivity index (χ0) is 12.6. The molecule has 0 N–H and O–H groups in total. The van der Waals surface area contributed by atoms with E-state index in [0.717, 1.165) is 29.0 Å². The highest BCUT2D eigenvalue weighted by molar-refractivity contribution is 7.18. The minimum absolute atomic E-state index is 0.233. The molecule has 0 aliphatic carbocycles. The van der Waals surface area contributed by atoms with Crippen molar-refractivity contribution in [2.24, 2.45) is 0 Å². The fraction of sp³-hybridized carbons (Fsp3) is 0.0833. The fourth-order valence-electron chi connectivity index (χ4n) is 1.41. The lowest BCUT2D eigenvalue weighted by Gasteiger charge is -2.01. The molecule has 0 amide bonds. The Kier molecular flexibility index (Phi) is 3.26. The Hall–Kier alpha value is -1.26. The van der Waals surface area contributed by atoms with Crippen LogP contribution in [-0.2, 0) is 0 Å². The lowest BCUT2D eigenvalue weighted by Crippen LogP contribution is -2.05. The van der Waals surface area contributed by atoms with Gasteiger partial charge in [-0.05, 0) is 30.7 Å². The van der Waals surface area contributed by atoms with Gasteiger partial charge in [0.05, 0.1) is 14.8 Å². The topological polar surface area (TPSA) is 17.1 Å². The molecule has 1 aromatic carbocycles. The smallest absolute Gasteiger partial charge is 0.208 e. The van der Waals surface area contributed by atoms with Gasteiger partial charge in [-0.15, -0.1) is 11.3 Å². The van der Waals surface area contributed by atoms with E-state index in [2.05, 4.69) is 0 Å². The molecule has 0 unspecified atom stereocenters. The summed E-state index contributed by atoms with van der Waals surface area (Å²) in [6, 6.07) is 4.85. The Morgan fingerprint density at radius 2 is 1.88 bits per heavy atom. The molecule has 2 rings (SSSR count). The van der Waals surface area contributed by atoms with E-state index in [1.165, 1.54) is 12.1 Å². The van der Waals surface area contributed by atoms with Crippen LogP contribution in [0.3, 0.4) is 0 Å². The zero-order valence-electron chi connectivity index (χ0n) is 8.76. The lowest BCUT2D eigenvalue weighted by molar-refractivity contribution is 0.103. The van der Waals surface area contributed by atoms with E-state index in [1.54, 1.807) is 6.92 Å². The van der Waals surface area contributed by atoms with E-state index in [1.807, 2.05) is 0 Å². The number of ketones is 1. The summed E-state index contributed by atoms with van der Waals surface area (Å²) < 4.78 is 27.3. The van der Waals surface area contributed by atoms with Gasteiger partial charge in [0.15, 0.2) is 0 Å². The zero-order valence-corrected chi connectivity index (χ0v) is 10.3. The first-order valence-corrected chi connectivity index (χ1v) is 5.95. The van der Waals surface area contributed by atoms with Crippen molar-refractivity contribution in [3.8, 4) is 0 Å². The third-order valence-corrected chi connectivity index (χ3v) is 3.82. The maximum Gasteiger partial charge on any atom is 0.208 e. The average molecular weight is 273 g/mol. The molecule has 5 heteroatoms. The third kappa shape index (κ3) is 2.23. The SMILES string of the molecule is Cc1cc(C(=O)c2c(F)cccc2F)sc1Cl. The Balaban J connectivity index is 2.51. The van der Waals surface area contributed by atoms with Gasteiger partial charge in [0, 0.05) is 0 Å². The predicted molar refractivity (Wildman–Crippen MR) is 63.9 cm³/mol. The van der Waals surface area contributed by atoms with E-state index in [9.17, 15) is 13.6 Å². The van der Waals surface area contributed by atoms with Crippen LogP contribution in [0.1, 0.15) is 20.8 Å². The highest BCUT2D eigenvalue weighted by Crippen LogP contribution is 2.29. The van der Waals surface area contributed by atoms with Crippen LogP contribution in [0.2, 0.25) is 4.34 Å². The van der Waals surface area contributed by atoms with E-state index >= 15 is 0 Å². The molecule has 0 bridgehead atoms. The number of hydrogen-bond donors (Lipinski definition) is 0. The maximum absolute atomic E-state index is 13.4. The van der Waals surface area contributed by atoms with Crippen molar-refractivity contribution in [1.29, 1.82) is 0 Å². The molecule has 1 heterocycles. The minimum atomic E-state index is -0.864. The summed E-state index contributed by atoms with van der Waals surface area (Å²) in [5.41, 5.74) is 0.183. The predicted octanol–water partition coefficient (Wildman–Crippen LogP) is 4.22. The monoisotopic (exact) mass is 272 g/mol. The first kappa shape index (κ1) is 12.2. The molecule has 0 radical (unpaired) electrons. The van der Waals surface area contributed by atoms with Crippen molar-refractivity contribution < 1.29 is 13.6 Å². The second kappa shape index (κ2) is 4.55. The minimum Gasteiger partial charge on any atom is -0.287 e. The van der Waals surface area contributed by atoms with Gasteiger partial charge in [-0.2, -0.15) is 0 Å². The summed E-state index contributed by atoms with van der Waals surface area (Å²) >= 11 is 6.84. The molecule has 0 saturated carbocycles. The maximum atomic E-state index is 13.4. The third-order valence-electron chi connectivity index (χ3n) is 2.27. The Labute approximate surface area is 106 Å². The normalized spacial score (nSPS) is 10.6. The standard InChI is InChI=1S/C12H7ClF2OS/c1-6-5-9(17-12(6)13)11(16)10-7(14)3-2-4-8(10)15/h2-5H,1H3. The highest BCUT2D eigenvalue weighted by Gasteiger charge is 2.20. The van der Waals surface area contributed by atoms with Gasteiger partial charge < -0.3 is 0 Å². The molecule has 2 aromatic rings. The summed E-state index contributed by atoms with van der Waals surface area (Å²) in [4.78, 5) is 12.2. The molecule has 17 heavy (non-hydrogen) atoms. The molecule has 0 atom stereocenters. The summed E-state index contributed by atoms with van der Waals surface area (Å²) in [5, 5.41) is 0.